The summed E-state index contributed by atoms with van der Waals surface area (Å²) in [5.41, 5.74) is -0.194. The smallest absolute Gasteiger partial charge is 0.273 e. The highest BCUT2D eigenvalue weighted by molar-refractivity contribution is 5.89. The molecule has 16 heavy (non-hydrogen) atoms. The molecule has 0 radical (unpaired) electrons. The third kappa shape index (κ3) is 1.64. The van der Waals surface area contributed by atoms with Crippen LogP contribution in [0.5, 0.6) is 0 Å². The van der Waals surface area contributed by atoms with Gasteiger partial charge >= 0.3 is 0 Å². The van der Waals surface area contributed by atoms with E-state index in [1.54, 1.807) is 12.4 Å². The van der Waals surface area contributed by atoms with E-state index in [0.717, 1.165) is 23.7 Å². The van der Waals surface area contributed by atoms with E-state index >= 15 is 0 Å². The molecule has 5 nitrogen and oxygen atoms in total. The molecule has 0 amide bonds. The summed E-state index contributed by atoms with van der Waals surface area (Å²) in [6.07, 6.45) is 5.82. The van der Waals surface area contributed by atoms with E-state index in [1.807, 2.05) is 6.07 Å². The van der Waals surface area contributed by atoms with Gasteiger partial charge in [-0.3, -0.25) is 9.78 Å². The van der Waals surface area contributed by atoms with E-state index in [0.29, 0.717) is 5.39 Å². The minimum atomic E-state index is -0.194. The van der Waals surface area contributed by atoms with Crippen LogP contribution in [-0.4, -0.2) is 21.7 Å². The van der Waals surface area contributed by atoms with Crippen LogP contribution in [0.3, 0.4) is 0 Å². The van der Waals surface area contributed by atoms with Crippen LogP contribution in [0.25, 0.3) is 10.8 Å². The van der Waals surface area contributed by atoms with E-state index < -0.39 is 0 Å². The van der Waals surface area contributed by atoms with Crippen LogP contribution >= 0.6 is 0 Å². The molecule has 2 heterocycles. The van der Waals surface area contributed by atoms with Gasteiger partial charge in [-0.25, -0.2) is 5.10 Å². The molecule has 2 aromatic rings. The molecule has 0 spiro atoms. The SMILES string of the molecule is O=c1[nH]nc(NCC2CC2)c2ccncc12. The molecule has 3 rings (SSSR count). The molecule has 0 atom stereocenters. The zero-order chi connectivity index (χ0) is 11.0. The predicted molar refractivity (Wildman–Crippen MR) is 61.4 cm³/mol. The number of anilines is 1. The Morgan fingerprint density at radius 2 is 2.31 bits per heavy atom. The zero-order valence-electron chi connectivity index (χ0n) is 8.73. The third-order valence-electron chi connectivity index (χ3n) is 2.85. The van der Waals surface area contributed by atoms with Crippen molar-refractivity contribution in [1.82, 2.24) is 15.2 Å². The first-order valence-electron chi connectivity index (χ1n) is 5.41. The lowest BCUT2D eigenvalue weighted by molar-refractivity contribution is 0.874. The number of hydrogen-bond donors (Lipinski definition) is 2. The van der Waals surface area contributed by atoms with Crippen molar-refractivity contribution in [2.45, 2.75) is 12.8 Å². The molecule has 2 aromatic heterocycles. The second-order valence-corrected chi connectivity index (χ2v) is 4.15. The van der Waals surface area contributed by atoms with Gasteiger partial charge in [0.15, 0.2) is 5.82 Å². The molecular formula is C11H12N4O. The lowest BCUT2D eigenvalue weighted by atomic mass is 10.2. The molecule has 1 fully saturated rings. The largest absolute Gasteiger partial charge is 0.368 e. The van der Waals surface area contributed by atoms with E-state index in [4.69, 9.17) is 0 Å². The van der Waals surface area contributed by atoms with Gasteiger partial charge in [0.25, 0.3) is 5.56 Å². The van der Waals surface area contributed by atoms with Crippen molar-refractivity contribution in [2.24, 2.45) is 5.92 Å². The van der Waals surface area contributed by atoms with Crippen LogP contribution < -0.4 is 10.9 Å². The van der Waals surface area contributed by atoms with E-state index in [9.17, 15) is 4.79 Å². The van der Waals surface area contributed by atoms with Crippen LogP contribution in [0.2, 0.25) is 0 Å². The fraction of sp³-hybridized carbons (Fsp3) is 0.364. The fourth-order valence-corrected chi connectivity index (χ4v) is 1.71. The first-order valence-corrected chi connectivity index (χ1v) is 5.41. The highest BCUT2D eigenvalue weighted by Gasteiger charge is 2.21. The normalized spacial score (nSPS) is 15.2. The van der Waals surface area contributed by atoms with E-state index in [2.05, 4.69) is 20.5 Å². The maximum Gasteiger partial charge on any atom is 0.273 e. The van der Waals surface area contributed by atoms with E-state index in [-0.39, 0.29) is 5.56 Å². The van der Waals surface area contributed by atoms with Crippen molar-refractivity contribution >= 4 is 16.6 Å². The van der Waals surface area contributed by atoms with Crippen LogP contribution in [-0.2, 0) is 0 Å². The summed E-state index contributed by atoms with van der Waals surface area (Å²) in [7, 11) is 0. The number of pyridine rings is 1. The van der Waals surface area contributed by atoms with Gasteiger partial charge in [-0.1, -0.05) is 0 Å². The zero-order valence-corrected chi connectivity index (χ0v) is 8.73. The third-order valence-corrected chi connectivity index (χ3v) is 2.85. The standard InChI is InChI=1S/C11H12N4O/c16-11-9-6-12-4-3-8(9)10(14-15-11)13-5-7-1-2-7/h3-4,6-7H,1-2,5H2,(H,13,14)(H,15,16). The second-order valence-electron chi connectivity index (χ2n) is 4.15. The summed E-state index contributed by atoms with van der Waals surface area (Å²) >= 11 is 0. The van der Waals surface area contributed by atoms with Gasteiger partial charge in [0.05, 0.1) is 5.39 Å². The minimum Gasteiger partial charge on any atom is -0.368 e. The first-order chi connectivity index (χ1) is 7.84. The van der Waals surface area contributed by atoms with Crippen LogP contribution in [0.1, 0.15) is 12.8 Å². The van der Waals surface area contributed by atoms with Crippen molar-refractivity contribution in [3.63, 3.8) is 0 Å². The molecule has 0 saturated heterocycles. The second kappa shape index (κ2) is 3.59. The highest BCUT2D eigenvalue weighted by Crippen LogP contribution is 2.29. The maximum absolute atomic E-state index is 11.5. The quantitative estimate of drug-likeness (QED) is 0.807. The highest BCUT2D eigenvalue weighted by atomic mass is 16.1. The Labute approximate surface area is 91.9 Å². The molecule has 1 aliphatic rings. The van der Waals surface area contributed by atoms with Gasteiger partial charge in [-0.05, 0) is 24.8 Å². The number of aromatic nitrogens is 3. The topological polar surface area (TPSA) is 70.7 Å². The summed E-state index contributed by atoms with van der Waals surface area (Å²) < 4.78 is 0. The van der Waals surface area contributed by atoms with Gasteiger partial charge in [-0.15, -0.1) is 0 Å². The van der Waals surface area contributed by atoms with Gasteiger partial charge in [0, 0.05) is 24.3 Å². The number of rotatable bonds is 3. The summed E-state index contributed by atoms with van der Waals surface area (Å²) in [6.45, 7) is 0.927. The number of fused-ring (bicyclic) bond motifs is 1. The Morgan fingerprint density at radius 1 is 1.44 bits per heavy atom. The van der Waals surface area contributed by atoms with Crippen LogP contribution in [0.4, 0.5) is 5.82 Å². The van der Waals surface area contributed by atoms with Gasteiger partial charge < -0.3 is 5.32 Å². The van der Waals surface area contributed by atoms with Gasteiger partial charge in [0.1, 0.15) is 0 Å². The summed E-state index contributed by atoms with van der Waals surface area (Å²) in [5, 5.41) is 11.2. The molecular weight excluding hydrogens is 204 g/mol. The average molecular weight is 216 g/mol. The van der Waals surface area contributed by atoms with Crippen molar-refractivity contribution in [3.8, 4) is 0 Å². The molecule has 1 aliphatic carbocycles. The molecule has 5 heteroatoms. The molecule has 0 bridgehead atoms. The minimum absolute atomic E-state index is 0.194. The number of aromatic amines is 1. The monoisotopic (exact) mass is 216 g/mol. The Morgan fingerprint density at radius 3 is 3.12 bits per heavy atom. The molecule has 1 saturated carbocycles. The van der Waals surface area contributed by atoms with Crippen molar-refractivity contribution in [2.75, 3.05) is 11.9 Å². The summed E-state index contributed by atoms with van der Waals surface area (Å²) in [6, 6.07) is 1.81. The lowest BCUT2D eigenvalue weighted by Gasteiger charge is -2.06. The van der Waals surface area contributed by atoms with Gasteiger partial charge in [0.2, 0.25) is 0 Å². The Bertz CT molecular complexity index is 573. The number of nitrogens with one attached hydrogen (secondary N) is 2. The predicted octanol–water partition coefficient (Wildman–Crippen LogP) is 1.14. The molecule has 82 valence electrons. The number of hydrogen-bond acceptors (Lipinski definition) is 4. The summed E-state index contributed by atoms with van der Waals surface area (Å²) in [4.78, 5) is 15.4. The maximum atomic E-state index is 11.5. The van der Waals surface area contributed by atoms with Crippen molar-refractivity contribution < 1.29 is 0 Å². The Balaban J connectivity index is 2.02. The average Bonchev–Trinajstić information content (AvgIpc) is 3.13. The Kier molecular flexibility index (Phi) is 2.09. The van der Waals surface area contributed by atoms with Crippen LogP contribution in [0, 0.1) is 5.92 Å². The summed E-state index contributed by atoms with van der Waals surface area (Å²) in [5.74, 6) is 1.51. The molecule has 0 unspecified atom stereocenters. The molecule has 0 aliphatic heterocycles. The van der Waals surface area contributed by atoms with Gasteiger partial charge in [-0.2, -0.15) is 5.10 Å². The molecule has 2 N–H and O–H groups in total. The van der Waals surface area contributed by atoms with Crippen LogP contribution in [0.15, 0.2) is 23.3 Å². The first kappa shape index (κ1) is 9.33. The lowest BCUT2D eigenvalue weighted by Crippen LogP contribution is -2.13. The van der Waals surface area contributed by atoms with E-state index in [1.165, 1.54) is 12.8 Å². The number of H-pyrrole nitrogens is 1. The van der Waals surface area contributed by atoms with Crippen molar-refractivity contribution in [1.29, 1.82) is 0 Å². The number of nitrogens with zero attached hydrogens (tertiary/aromatic N) is 2. The fourth-order valence-electron chi connectivity index (χ4n) is 1.71. The Hall–Kier alpha value is -1.91. The van der Waals surface area contributed by atoms with Crippen molar-refractivity contribution in [3.05, 3.63) is 28.8 Å². The molecule has 0 aromatic carbocycles.